The Balaban J connectivity index is 1.52. The minimum atomic E-state index is -0.0590. The van der Waals surface area contributed by atoms with Gasteiger partial charge in [-0.25, -0.2) is 0 Å². The van der Waals surface area contributed by atoms with Crippen LogP contribution in [0.4, 0.5) is 0 Å². The van der Waals surface area contributed by atoms with E-state index in [2.05, 4.69) is 165 Å². The Kier molecular flexibility index (Phi) is 6.38. The minimum absolute atomic E-state index is 0.0553. The number of hydrogen-bond donors (Lipinski definition) is 0. The summed E-state index contributed by atoms with van der Waals surface area (Å²) in [6, 6.07) is 40.8. The molecule has 0 N–H and O–H groups in total. The summed E-state index contributed by atoms with van der Waals surface area (Å²) in [4.78, 5) is 0. The van der Waals surface area contributed by atoms with Crippen molar-refractivity contribution in [2.45, 2.75) is 71.6 Å². The lowest BCUT2D eigenvalue weighted by Crippen LogP contribution is -2.19. The number of rotatable bonds is 3. The minimum Gasteiger partial charge on any atom is -0.0622 e. The van der Waals surface area contributed by atoms with Crippen molar-refractivity contribution in [3.63, 3.8) is 0 Å². The second-order valence-corrected chi connectivity index (χ2v) is 14.3. The maximum absolute atomic E-state index is 2.49. The van der Waals surface area contributed by atoms with Crippen molar-refractivity contribution in [1.82, 2.24) is 0 Å². The molecule has 0 spiro atoms. The molecule has 0 radical (unpaired) electrons. The molecule has 1 aliphatic rings. The molecule has 0 nitrogen and oxygen atoms in total. The second-order valence-electron chi connectivity index (χ2n) is 14.3. The summed E-state index contributed by atoms with van der Waals surface area (Å²) >= 11 is 0. The highest BCUT2D eigenvalue weighted by Crippen LogP contribution is 2.54. The average Bonchev–Trinajstić information content (AvgIpc) is 3.18. The first-order valence-electron chi connectivity index (χ1n) is 15.0. The molecule has 0 atom stereocenters. The Morgan fingerprint density at radius 1 is 0.415 bits per heavy atom. The molecule has 0 saturated carbocycles. The molecule has 6 rings (SSSR count). The standard InChI is InChI=1S/C41H42/c1-39(2,3)30-22-23-34-36(25-30)41(7,8)37-26-31(40(4,5)6)24-35(38(34)37)29-20-18-28(19-21-29)33-17-13-12-16-32(33)27-14-10-9-11-15-27/h9-26H,1-8H3. The van der Waals surface area contributed by atoms with Crippen molar-refractivity contribution >= 4 is 0 Å². The van der Waals surface area contributed by atoms with E-state index in [1.54, 1.807) is 0 Å². The van der Waals surface area contributed by atoms with Crippen LogP contribution < -0.4 is 0 Å². The summed E-state index contributed by atoms with van der Waals surface area (Å²) in [6.07, 6.45) is 0. The first kappa shape index (κ1) is 27.3. The van der Waals surface area contributed by atoms with E-state index in [1.807, 2.05) is 0 Å². The molecule has 0 amide bonds. The van der Waals surface area contributed by atoms with Gasteiger partial charge in [0.25, 0.3) is 0 Å². The Hall–Kier alpha value is -3.90. The molecule has 5 aromatic carbocycles. The highest BCUT2D eigenvalue weighted by atomic mass is 14.4. The van der Waals surface area contributed by atoms with Crippen molar-refractivity contribution in [3.05, 3.63) is 131 Å². The quantitative estimate of drug-likeness (QED) is 0.216. The van der Waals surface area contributed by atoms with Crippen molar-refractivity contribution in [2.24, 2.45) is 0 Å². The third-order valence-electron chi connectivity index (χ3n) is 9.02. The zero-order valence-corrected chi connectivity index (χ0v) is 25.9. The summed E-state index contributed by atoms with van der Waals surface area (Å²) in [5.41, 5.74) is 16.2. The fraction of sp³-hybridized carbons (Fsp3) is 0.268. The van der Waals surface area contributed by atoms with Gasteiger partial charge in [-0.05, 0) is 83.7 Å². The molecule has 0 heterocycles. The van der Waals surface area contributed by atoms with Gasteiger partial charge < -0.3 is 0 Å². The van der Waals surface area contributed by atoms with Crippen LogP contribution in [0, 0.1) is 0 Å². The van der Waals surface area contributed by atoms with E-state index in [0.29, 0.717) is 0 Å². The van der Waals surface area contributed by atoms with Gasteiger partial charge in [0, 0.05) is 5.41 Å². The first-order chi connectivity index (χ1) is 19.4. The SMILES string of the molecule is CC(C)(C)c1ccc2c(c1)C(C)(C)c1cc(C(C)(C)C)cc(-c3ccc(-c4ccccc4-c4ccccc4)cc3)c1-2. The Morgan fingerprint density at radius 3 is 1.46 bits per heavy atom. The maximum Gasteiger partial charge on any atom is 0.0159 e. The summed E-state index contributed by atoms with van der Waals surface area (Å²) in [6.45, 7) is 18.7. The molecule has 1 aliphatic carbocycles. The molecule has 0 aliphatic heterocycles. The first-order valence-corrected chi connectivity index (χ1v) is 15.0. The van der Waals surface area contributed by atoms with Gasteiger partial charge in [0.2, 0.25) is 0 Å². The Bertz CT molecular complexity index is 1730. The molecule has 0 heteroatoms. The van der Waals surface area contributed by atoms with E-state index in [9.17, 15) is 0 Å². The molecule has 206 valence electrons. The van der Waals surface area contributed by atoms with Crippen LogP contribution in [-0.2, 0) is 16.2 Å². The largest absolute Gasteiger partial charge is 0.0622 e. The summed E-state index contributed by atoms with van der Waals surface area (Å²) in [5.74, 6) is 0. The van der Waals surface area contributed by atoms with Gasteiger partial charge in [0.05, 0.1) is 0 Å². The lowest BCUT2D eigenvalue weighted by Gasteiger charge is -2.27. The highest BCUT2D eigenvalue weighted by Gasteiger charge is 2.39. The van der Waals surface area contributed by atoms with Gasteiger partial charge in [-0.1, -0.05) is 159 Å². The summed E-state index contributed by atoms with van der Waals surface area (Å²) in [5, 5.41) is 0. The van der Waals surface area contributed by atoms with E-state index in [1.165, 1.54) is 66.8 Å². The van der Waals surface area contributed by atoms with Crippen molar-refractivity contribution < 1.29 is 0 Å². The summed E-state index contributed by atoms with van der Waals surface area (Å²) < 4.78 is 0. The monoisotopic (exact) mass is 534 g/mol. The predicted octanol–water partition coefficient (Wildman–Crippen LogP) is 11.6. The van der Waals surface area contributed by atoms with Crippen molar-refractivity contribution in [1.29, 1.82) is 0 Å². The van der Waals surface area contributed by atoms with E-state index in [-0.39, 0.29) is 16.2 Å². The van der Waals surface area contributed by atoms with Crippen LogP contribution in [0.25, 0.3) is 44.5 Å². The zero-order valence-electron chi connectivity index (χ0n) is 25.9. The number of fused-ring (bicyclic) bond motifs is 3. The number of hydrogen-bond acceptors (Lipinski definition) is 0. The summed E-state index contributed by atoms with van der Waals surface area (Å²) in [7, 11) is 0. The molecular weight excluding hydrogens is 492 g/mol. The molecule has 0 fully saturated rings. The van der Waals surface area contributed by atoms with Crippen molar-refractivity contribution in [3.8, 4) is 44.5 Å². The zero-order chi connectivity index (χ0) is 29.2. The predicted molar refractivity (Wildman–Crippen MR) is 178 cm³/mol. The van der Waals surface area contributed by atoms with Gasteiger partial charge in [-0.15, -0.1) is 0 Å². The van der Waals surface area contributed by atoms with Gasteiger partial charge in [-0.3, -0.25) is 0 Å². The Labute approximate surface area is 247 Å². The smallest absolute Gasteiger partial charge is 0.0159 e. The van der Waals surface area contributed by atoms with Crippen LogP contribution in [0.5, 0.6) is 0 Å². The molecular formula is C41H42. The molecule has 41 heavy (non-hydrogen) atoms. The van der Waals surface area contributed by atoms with Crippen LogP contribution in [-0.4, -0.2) is 0 Å². The number of benzene rings is 5. The fourth-order valence-electron chi connectivity index (χ4n) is 6.41. The lowest BCUT2D eigenvalue weighted by atomic mass is 9.76. The molecule has 0 bridgehead atoms. The van der Waals surface area contributed by atoms with Gasteiger partial charge in [0.1, 0.15) is 0 Å². The third kappa shape index (κ3) is 4.74. The van der Waals surface area contributed by atoms with Crippen molar-refractivity contribution in [2.75, 3.05) is 0 Å². The lowest BCUT2D eigenvalue weighted by molar-refractivity contribution is 0.580. The van der Waals surface area contributed by atoms with Gasteiger partial charge >= 0.3 is 0 Å². The van der Waals surface area contributed by atoms with Gasteiger partial charge in [0.15, 0.2) is 0 Å². The second kappa shape index (κ2) is 9.59. The van der Waals surface area contributed by atoms with E-state index >= 15 is 0 Å². The van der Waals surface area contributed by atoms with E-state index in [0.717, 1.165) is 0 Å². The third-order valence-corrected chi connectivity index (χ3v) is 9.02. The van der Waals surface area contributed by atoms with Gasteiger partial charge in [-0.2, -0.15) is 0 Å². The molecule has 0 saturated heterocycles. The van der Waals surface area contributed by atoms with E-state index < -0.39 is 0 Å². The fourth-order valence-corrected chi connectivity index (χ4v) is 6.41. The molecule has 0 aromatic heterocycles. The van der Waals surface area contributed by atoms with Crippen LogP contribution >= 0.6 is 0 Å². The van der Waals surface area contributed by atoms with Crippen LogP contribution in [0.3, 0.4) is 0 Å². The van der Waals surface area contributed by atoms with Crippen LogP contribution in [0.2, 0.25) is 0 Å². The normalized spacial score (nSPS) is 14.0. The van der Waals surface area contributed by atoms with E-state index in [4.69, 9.17) is 0 Å². The van der Waals surface area contributed by atoms with Crippen LogP contribution in [0.15, 0.2) is 109 Å². The maximum atomic E-state index is 2.49. The highest BCUT2D eigenvalue weighted by molar-refractivity contribution is 5.94. The van der Waals surface area contributed by atoms with Crippen LogP contribution in [0.1, 0.15) is 77.6 Å². The average molecular weight is 535 g/mol. The molecule has 0 unspecified atom stereocenters. The topological polar surface area (TPSA) is 0 Å². The molecule has 5 aromatic rings. The Morgan fingerprint density at radius 2 is 0.902 bits per heavy atom.